The van der Waals surface area contributed by atoms with Gasteiger partial charge in [-0.3, -0.25) is 0 Å². The van der Waals surface area contributed by atoms with Gasteiger partial charge in [0.25, 0.3) is 0 Å². The Kier molecular flexibility index (Phi) is 3.38. The van der Waals surface area contributed by atoms with Gasteiger partial charge in [0, 0.05) is 5.92 Å². The van der Waals surface area contributed by atoms with E-state index in [1.807, 2.05) is 55.5 Å². The van der Waals surface area contributed by atoms with E-state index in [1.165, 1.54) is 0 Å². The van der Waals surface area contributed by atoms with Crippen LogP contribution in [0.2, 0.25) is 0 Å². The van der Waals surface area contributed by atoms with E-state index in [1.54, 1.807) is 0 Å². The molecule has 0 heterocycles. The number of esters is 1. The van der Waals surface area contributed by atoms with E-state index in [0.29, 0.717) is 6.61 Å². The number of carbonyl (C=O) groups is 1. The molecule has 2 heteroatoms. The fraction of sp³-hybridized carbons (Fsp3) is 0.167. The summed E-state index contributed by atoms with van der Waals surface area (Å²) in [5.41, 5.74) is 4.14. The second kappa shape index (κ2) is 5.33. The molecule has 3 rings (SSSR count). The number of ether oxygens (including phenoxy) is 1. The molecule has 100 valence electrons. The molecular formula is C18H16O2. The van der Waals surface area contributed by atoms with Crippen molar-refractivity contribution >= 4 is 11.5 Å². The van der Waals surface area contributed by atoms with Crippen LogP contribution < -0.4 is 0 Å². The van der Waals surface area contributed by atoms with E-state index in [0.717, 1.165) is 22.3 Å². The third-order valence-corrected chi connectivity index (χ3v) is 3.50. The van der Waals surface area contributed by atoms with Crippen LogP contribution in [0.15, 0.2) is 66.2 Å². The summed E-state index contributed by atoms with van der Waals surface area (Å²) in [6, 6.07) is 20.1. The van der Waals surface area contributed by atoms with Gasteiger partial charge in [-0.15, -0.1) is 0 Å². The monoisotopic (exact) mass is 264 g/mol. The molecule has 0 fully saturated rings. The summed E-state index contributed by atoms with van der Waals surface area (Å²) >= 11 is 0. The third-order valence-electron chi connectivity index (χ3n) is 3.50. The van der Waals surface area contributed by atoms with Crippen molar-refractivity contribution in [3.8, 4) is 0 Å². The van der Waals surface area contributed by atoms with Crippen LogP contribution >= 0.6 is 0 Å². The average molecular weight is 264 g/mol. The van der Waals surface area contributed by atoms with Crippen LogP contribution in [0.4, 0.5) is 0 Å². The van der Waals surface area contributed by atoms with Gasteiger partial charge in [-0.1, -0.05) is 60.7 Å². The number of rotatable bonds is 4. The molecule has 0 N–H and O–H groups in total. The largest absolute Gasteiger partial charge is 0.463 e. The molecular weight excluding hydrogens is 248 g/mol. The van der Waals surface area contributed by atoms with Gasteiger partial charge < -0.3 is 4.74 Å². The minimum absolute atomic E-state index is 0.0812. The molecule has 1 aliphatic carbocycles. The minimum Gasteiger partial charge on any atom is -0.463 e. The van der Waals surface area contributed by atoms with Gasteiger partial charge in [0.1, 0.15) is 0 Å². The van der Waals surface area contributed by atoms with E-state index in [9.17, 15) is 4.79 Å². The minimum atomic E-state index is -0.194. The Bertz CT molecular complexity index is 642. The molecule has 0 aromatic heterocycles. The van der Waals surface area contributed by atoms with Crippen LogP contribution in [-0.2, 0) is 9.53 Å². The number of carbonyl (C=O) groups excluding carboxylic acids is 1. The van der Waals surface area contributed by atoms with Gasteiger partial charge in [-0.05, 0) is 23.6 Å². The predicted molar refractivity (Wildman–Crippen MR) is 79.2 cm³/mol. The third kappa shape index (κ3) is 2.25. The highest BCUT2D eigenvalue weighted by atomic mass is 16.5. The summed E-state index contributed by atoms with van der Waals surface area (Å²) in [5, 5.41) is 0. The maximum absolute atomic E-state index is 12.1. The van der Waals surface area contributed by atoms with Crippen LogP contribution in [0.3, 0.4) is 0 Å². The Labute approximate surface area is 118 Å². The van der Waals surface area contributed by atoms with Crippen molar-refractivity contribution in [1.82, 2.24) is 0 Å². The van der Waals surface area contributed by atoms with Crippen molar-refractivity contribution in [2.24, 2.45) is 0 Å². The molecule has 0 amide bonds. The highest BCUT2D eigenvalue weighted by molar-refractivity contribution is 6.13. The molecule has 1 unspecified atom stereocenters. The van der Waals surface area contributed by atoms with Crippen LogP contribution in [0.25, 0.3) is 5.57 Å². The zero-order chi connectivity index (χ0) is 13.9. The Hall–Kier alpha value is -2.35. The molecule has 2 nitrogen and oxygen atoms in total. The van der Waals surface area contributed by atoms with Gasteiger partial charge in [-0.25, -0.2) is 4.79 Å². The molecule has 0 saturated heterocycles. The second-order valence-corrected chi connectivity index (χ2v) is 4.76. The van der Waals surface area contributed by atoms with Crippen LogP contribution in [0.5, 0.6) is 0 Å². The van der Waals surface area contributed by atoms with Gasteiger partial charge in [-0.2, -0.15) is 0 Å². The molecule has 0 bridgehead atoms. The maximum Gasteiger partial charge on any atom is 0.335 e. The molecule has 0 radical (unpaired) electrons. The maximum atomic E-state index is 12.1. The van der Waals surface area contributed by atoms with Crippen LogP contribution in [0.1, 0.15) is 24.0 Å². The fourth-order valence-electron chi connectivity index (χ4n) is 2.58. The van der Waals surface area contributed by atoms with Crippen molar-refractivity contribution in [3.63, 3.8) is 0 Å². The zero-order valence-electron chi connectivity index (χ0n) is 11.4. The average Bonchev–Trinajstić information content (AvgIpc) is 3.25. The Morgan fingerprint density at radius 1 is 1.00 bits per heavy atom. The van der Waals surface area contributed by atoms with Crippen LogP contribution in [-0.4, -0.2) is 12.6 Å². The van der Waals surface area contributed by atoms with E-state index in [-0.39, 0.29) is 11.9 Å². The normalized spacial score (nSPS) is 16.9. The lowest BCUT2D eigenvalue weighted by atomic mass is 10.0. The van der Waals surface area contributed by atoms with Gasteiger partial charge in [0.2, 0.25) is 0 Å². The molecule has 2 aromatic carbocycles. The van der Waals surface area contributed by atoms with E-state index < -0.39 is 0 Å². The first-order valence-electron chi connectivity index (χ1n) is 6.84. The first-order chi connectivity index (χ1) is 9.83. The SMILES string of the molecule is CCOC(=O)C1=C(c2ccccc2)C1c1ccccc1. The molecule has 0 aliphatic heterocycles. The highest BCUT2D eigenvalue weighted by Crippen LogP contribution is 2.54. The van der Waals surface area contributed by atoms with Crippen molar-refractivity contribution < 1.29 is 9.53 Å². The lowest BCUT2D eigenvalue weighted by Crippen LogP contribution is -2.03. The fourth-order valence-corrected chi connectivity index (χ4v) is 2.58. The van der Waals surface area contributed by atoms with Crippen LogP contribution in [0, 0.1) is 0 Å². The van der Waals surface area contributed by atoms with Gasteiger partial charge in [0.15, 0.2) is 0 Å². The van der Waals surface area contributed by atoms with E-state index >= 15 is 0 Å². The summed E-state index contributed by atoms with van der Waals surface area (Å²) in [4.78, 5) is 12.1. The lowest BCUT2D eigenvalue weighted by molar-refractivity contribution is -0.138. The molecule has 1 aliphatic rings. The molecule has 0 saturated carbocycles. The van der Waals surface area contributed by atoms with Crippen molar-refractivity contribution in [2.45, 2.75) is 12.8 Å². The molecule has 20 heavy (non-hydrogen) atoms. The van der Waals surface area contributed by atoms with Crippen molar-refractivity contribution in [1.29, 1.82) is 0 Å². The smallest absolute Gasteiger partial charge is 0.335 e. The first-order valence-corrected chi connectivity index (χ1v) is 6.84. The summed E-state index contributed by atoms with van der Waals surface area (Å²) in [5.74, 6) is -0.113. The summed E-state index contributed by atoms with van der Waals surface area (Å²) in [6.45, 7) is 2.24. The first kappa shape index (κ1) is 12.7. The highest BCUT2D eigenvalue weighted by Gasteiger charge is 2.43. The Morgan fingerprint density at radius 3 is 2.20 bits per heavy atom. The van der Waals surface area contributed by atoms with Crippen molar-refractivity contribution in [3.05, 3.63) is 77.4 Å². The lowest BCUT2D eigenvalue weighted by Gasteiger charge is -2.02. The Morgan fingerprint density at radius 2 is 1.60 bits per heavy atom. The second-order valence-electron chi connectivity index (χ2n) is 4.76. The van der Waals surface area contributed by atoms with E-state index in [2.05, 4.69) is 12.1 Å². The number of hydrogen-bond acceptors (Lipinski definition) is 2. The Balaban J connectivity index is 1.96. The summed E-state index contributed by atoms with van der Waals surface area (Å²) < 4.78 is 5.17. The topological polar surface area (TPSA) is 26.3 Å². The summed E-state index contributed by atoms with van der Waals surface area (Å²) in [7, 11) is 0. The quantitative estimate of drug-likeness (QED) is 0.785. The zero-order valence-corrected chi connectivity index (χ0v) is 11.4. The molecule has 2 aromatic rings. The van der Waals surface area contributed by atoms with Gasteiger partial charge >= 0.3 is 5.97 Å². The van der Waals surface area contributed by atoms with Gasteiger partial charge in [0.05, 0.1) is 12.2 Å². The number of benzene rings is 2. The van der Waals surface area contributed by atoms with Crippen molar-refractivity contribution in [2.75, 3.05) is 6.61 Å². The van der Waals surface area contributed by atoms with E-state index in [4.69, 9.17) is 4.74 Å². The molecule has 1 atom stereocenters. The predicted octanol–water partition coefficient (Wildman–Crippen LogP) is 3.80. The molecule has 0 spiro atoms. The number of allylic oxidation sites excluding steroid dienone is 1. The number of hydrogen-bond donors (Lipinski definition) is 0. The summed E-state index contributed by atoms with van der Waals surface area (Å²) in [6.07, 6.45) is 0. The standard InChI is InChI=1S/C18H16O2/c1-2-20-18(19)17-15(13-9-5-3-6-10-13)16(17)14-11-7-4-8-12-14/h3-12,15H,2H2,1H3.